The summed E-state index contributed by atoms with van der Waals surface area (Å²) in [6, 6.07) is 0. The second kappa shape index (κ2) is 4.99. The molecule has 3 aromatic carbocycles. The first kappa shape index (κ1) is 16.3. The van der Waals surface area contributed by atoms with Crippen molar-refractivity contribution in [2.24, 2.45) is 0 Å². The van der Waals surface area contributed by atoms with E-state index in [9.17, 15) is 43.9 Å². The molecule has 126 valence electrons. The maximum atomic E-state index is 14.2. The van der Waals surface area contributed by atoms with Crippen molar-refractivity contribution in [2.75, 3.05) is 0 Å². The zero-order valence-electron chi connectivity index (χ0n) is 10.8. The molecule has 0 saturated carbocycles. The van der Waals surface area contributed by atoms with Crippen molar-refractivity contribution in [1.29, 1.82) is 0 Å². The summed E-state index contributed by atoms with van der Waals surface area (Å²) in [6.45, 7) is 0. The normalized spacial score (nSPS) is 11.8. The van der Waals surface area contributed by atoms with E-state index in [1.807, 2.05) is 0 Å². The Hall–Kier alpha value is -2.52. The van der Waals surface area contributed by atoms with Crippen LogP contribution in [0.1, 0.15) is 0 Å². The smallest absolute Gasteiger partial charge is 0.198 e. The number of hydrogen-bond donors (Lipinski definition) is 0. The highest BCUT2D eigenvalue weighted by Gasteiger charge is 2.32. The van der Waals surface area contributed by atoms with Gasteiger partial charge in [-0.25, -0.2) is 43.9 Å². The highest BCUT2D eigenvalue weighted by atomic mass is 19.2. The van der Waals surface area contributed by atoms with E-state index < -0.39 is 79.7 Å². The molecule has 0 bridgehead atoms. The van der Waals surface area contributed by atoms with Crippen LogP contribution in [0, 0.1) is 58.2 Å². The molecule has 0 unspecified atom stereocenters. The summed E-state index contributed by atoms with van der Waals surface area (Å²) in [5.41, 5.74) is 0. The average molecular weight is 358 g/mol. The largest absolute Gasteiger partial charge is 0.205 e. The first-order valence-corrected chi connectivity index (χ1v) is 5.89. The van der Waals surface area contributed by atoms with Crippen molar-refractivity contribution in [3.05, 3.63) is 58.2 Å². The molecule has 3 aromatic rings. The number of benzene rings is 3. The number of rotatable bonds is 0. The minimum absolute atomic E-state index is 1.92. The van der Waals surface area contributed by atoms with E-state index in [1.54, 1.807) is 0 Å². The summed E-state index contributed by atoms with van der Waals surface area (Å²) in [4.78, 5) is 0. The molecule has 0 aromatic heterocycles. The second-order valence-corrected chi connectivity index (χ2v) is 4.64. The molecule has 0 spiro atoms. The predicted molar refractivity (Wildman–Crippen MR) is 61.0 cm³/mol. The third-order valence-corrected chi connectivity index (χ3v) is 3.41. The van der Waals surface area contributed by atoms with E-state index in [2.05, 4.69) is 0 Å². The van der Waals surface area contributed by atoms with Crippen LogP contribution in [0.25, 0.3) is 21.5 Å². The molecule has 0 saturated heterocycles. The lowest BCUT2D eigenvalue weighted by atomic mass is 9.99. The van der Waals surface area contributed by atoms with Crippen molar-refractivity contribution < 1.29 is 43.9 Å². The summed E-state index contributed by atoms with van der Waals surface area (Å²) in [5.74, 6) is -24.7. The third kappa shape index (κ3) is 1.76. The minimum atomic E-state index is -2.55. The fourth-order valence-electron chi connectivity index (χ4n) is 2.34. The molecule has 0 aliphatic carbocycles. The molecule has 0 radical (unpaired) electrons. The summed E-state index contributed by atoms with van der Waals surface area (Å²) in [5, 5.41) is -7.66. The average Bonchev–Trinajstić information content (AvgIpc) is 2.55. The van der Waals surface area contributed by atoms with Crippen LogP contribution >= 0.6 is 0 Å². The van der Waals surface area contributed by atoms with E-state index in [-0.39, 0.29) is 0 Å². The Labute approximate surface area is 124 Å². The molecular formula is C14F10. The van der Waals surface area contributed by atoms with Gasteiger partial charge in [0.25, 0.3) is 0 Å². The maximum Gasteiger partial charge on any atom is 0.198 e. The zero-order valence-corrected chi connectivity index (χ0v) is 10.8. The summed E-state index contributed by atoms with van der Waals surface area (Å²) >= 11 is 0. The lowest BCUT2D eigenvalue weighted by Crippen LogP contribution is -2.07. The lowest BCUT2D eigenvalue weighted by Gasteiger charge is -2.12. The second-order valence-electron chi connectivity index (χ2n) is 4.64. The lowest BCUT2D eigenvalue weighted by molar-refractivity contribution is 0.410. The Morgan fingerprint density at radius 1 is 0.208 bits per heavy atom. The molecule has 0 atom stereocenters. The van der Waals surface area contributed by atoms with Gasteiger partial charge in [0.1, 0.15) is 11.6 Å². The van der Waals surface area contributed by atoms with Crippen LogP contribution in [-0.2, 0) is 0 Å². The molecular weight excluding hydrogens is 358 g/mol. The number of halogens is 10. The van der Waals surface area contributed by atoms with Crippen LogP contribution in [-0.4, -0.2) is 0 Å². The molecule has 0 heterocycles. The van der Waals surface area contributed by atoms with Crippen LogP contribution in [0.4, 0.5) is 43.9 Å². The molecule has 0 aliphatic rings. The van der Waals surface area contributed by atoms with E-state index in [0.717, 1.165) is 0 Å². The van der Waals surface area contributed by atoms with Crippen LogP contribution in [0.15, 0.2) is 0 Å². The monoisotopic (exact) mass is 358 g/mol. The van der Waals surface area contributed by atoms with Gasteiger partial charge in [-0.2, -0.15) is 0 Å². The maximum absolute atomic E-state index is 14.2. The molecule has 0 N–H and O–H groups in total. The number of fused-ring (bicyclic) bond motifs is 2. The molecule has 10 heteroatoms. The van der Waals surface area contributed by atoms with Crippen molar-refractivity contribution in [3.8, 4) is 0 Å². The Bertz CT molecular complexity index is 889. The van der Waals surface area contributed by atoms with Gasteiger partial charge in [-0.15, -0.1) is 0 Å². The molecule has 3 rings (SSSR count). The van der Waals surface area contributed by atoms with Gasteiger partial charge < -0.3 is 0 Å². The molecule has 0 nitrogen and oxygen atoms in total. The van der Waals surface area contributed by atoms with E-state index in [1.165, 1.54) is 0 Å². The fraction of sp³-hybridized carbons (Fsp3) is 0. The van der Waals surface area contributed by atoms with Gasteiger partial charge >= 0.3 is 0 Å². The van der Waals surface area contributed by atoms with Gasteiger partial charge in [0.15, 0.2) is 46.5 Å². The quantitative estimate of drug-likeness (QED) is 0.219. The predicted octanol–water partition coefficient (Wildman–Crippen LogP) is 5.38. The van der Waals surface area contributed by atoms with E-state index in [4.69, 9.17) is 0 Å². The molecule has 0 aliphatic heterocycles. The molecule has 0 fully saturated rings. The Balaban J connectivity index is 2.82. The topological polar surface area (TPSA) is 0 Å². The fourth-order valence-corrected chi connectivity index (χ4v) is 2.34. The zero-order chi connectivity index (χ0) is 18.1. The van der Waals surface area contributed by atoms with E-state index >= 15 is 0 Å². The van der Waals surface area contributed by atoms with Crippen molar-refractivity contribution in [3.63, 3.8) is 0 Å². The first-order chi connectivity index (χ1) is 11.1. The van der Waals surface area contributed by atoms with Crippen LogP contribution in [0.5, 0.6) is 0 Å². The highest BCUT2D eigenvalue weighted by Crippen LogP contribution is 2.39. The van der Waals surface area contributed by atoms with Gasteiger partial charge in [0.05, 0.1) is 21.5 Å². The summed E-state index contributed by atoms with van der Waals surface area (Å²) in [6.07, 6.45) is 0. The van der Waals surface area contributed by atoms with Gasteiger partial charge in [0, 0.05) is 0 Å². The molecule has 24 heavy (non-hydrogen) atoms. The SMILES string of the molecule is Fc1c(F)c(F)c2c(F)c3c(F)c(F)c(F)c(F)c3c(F)c2c1F. The molecule has 0 amide bonds. The summed E-state index contributed by atoms with van der Waals surface area (Å²) in [7, 11) is 0. The third-order valence-electron chi connectivity index (χ3n) is 3.41. The number of hydrogen-bond acceptors (Lipinski definition) is 0. The van der Waals surface area contributed by atoms with Gasteiger partial charge in [-0.05, 0) is 0 Å². The van der Waals surface area contributed by atoms with Crippen LogP contribution in [0.2, 0.25) is 0 Å². The van der Waals surface area contributed by atoms with Crippen LogP contribution < -0.4 is 0 Å². The minimum Gasteiger partial charge on any atom is -0.205 e. The van der Waals surface area contributed by atoms with E-state index in [0.29, 0.717) is 0 Å². The highest BCUT2D eigenvalue weighted by molar-refractivity contribution is 6.01. The first-order valence-electron chi connectivity index (χ1n) is 5.89. The standard InChI is InChI=1S/C14F10/c15-5-1-2(8(18)12(22)11(21)7(1)17)6(16)4-3(5)9(19)13(23)14(24)10(4)20. The van der Waals surface area contributed by atoms with Gasteiger partial charge in [-0.3, -0.25) is 0 Å². The van der Waals surface area contributed by atoms with Gasteiger partial charge in [-0.1, -0.05) is 0 Å². The van der Waals surface area contributed by atoms with Gasteiger partial charge in [0.2, 0.25) is 0 Å². The Kier molecular flexibility index (Phi) is 3.40. The Morgan fingerprint density at radius 3 is 0.542 bits per heavy atom. The summed E-state index contributed by atoms with van der Waals surface area (Å²) < 4.78 is 136. The van der Waals surface area contributed by atoms with Crippen LogP contribution in [0.3, 0.4) is 0 Å². The van der Waals surface area contributed by atoms with Crippen molar-refractivity contribution >= 4 is 21.5 Å². The van der Waals surface area contributed by atoms with Crippen molar-refractivity contribution in [2.45, 2.75) is 0 Å². The van der Waals surface area contributed by atoms with Crippen molar-refractivity contribution in [1.82, 2.24) is 0 Å². The Morgan fingerprint density at radius 2 is 0.375 bits per heavy atom.